The Balaban J connectivity index is 1.45. The second kappa shape index (κ2) is 10.5. The average molecular weight is 450 g/mol. The molecule has 7 heteroatoms. The largest absolute Gasteiger partial charge is 0.497 e. The highest BCUT2D eigenvalue weighted by Crippen LogP contribution is 2.27. The topological polar surface area (TPSA) is 79.0 Å². The van der Waals surface area contributed by atoms with Crippen LogP contribution in [0.2, 0.25) is 0 Å². The van der Waals surface area contributed by atoms with Gasteiger partial charge in [-0.15, -0.1) is 0 Å². The van der Waals surface area contributed by atoms with Crippen LogP contribution in [0.15, 0.2) is 54.6 Å². The lowest BCUT2D eigenvalue weighted by atomic mass is 10.0. The van der Waals surface area contributed by atoms with E-state index in [2.05, 4.69) is 5.32 Å². The van der Waals surface area contributed by atoms with Crippen LogP contribution in [0.4, 0.5) is 5.69 Å². The van der Waals surface area contributed by atoms with Crippen LogP contribution >= 0.6 is 0 Å². The fourth-order valence-electron chi connectivity index (χ4n) is 4.57. The summed E-state index contributed by atoms with van der Waals surface area (Å²) in [5, 5.41) is 2.99. The lowest BCUT2D eigenvalue weighted by Crippen LogP contribution is -2.52. The van der Waals surface area contributed by atoms with E-state index in [1.165, 1.54) is 0 Å². The van der Waals surface area contributed by atoms with Crippen LogP contribution in [0.25, 0.3) is 0 Å². The van der Waals surface area contributed by atoms with Crippen molar-refractivity contribution < 1.29 is 19.1 Å². The molecule has 3 amide bonds. The van der Waals surface area contributed by atoms with Crippen molar-refractivity contribution in [3.05, 3.63) is 60.2 Å². The number of nitrogens with zero attached hydrogens (tertiary/aromatic N) is 2. The number of nitrogens with one attached hydrogen (secondary N) is 1. The zero-order valence-electron chi connectivity index (χ0n) is 19.0. The molecule has 33 heavy (non-hydrogen) atoms. The predicted octanol–water partition coefficient (Wildman–Crippen LogP) is 2.79. The molecule has 0 aliphatic carbocycles. The van der Waals surface area contributed by atoms with Gasteiger partial charge in [0.15, 0.2) is 0 Å². The molecule has 4 rings (SSSR count). The van der Waals surface area contributed by atoms with Gasteiger partial charge in [-0.05, 0) is 49.1 Å². The molecule has 0 saturated carbocycles. The first-order chi connectivity index (χ1) is 16.0. The highest BCUT2D eigenvalue weighted by atomic mass is 16.5. The van der Waals surface area contributed by atoms with Gasteiger partial charge in [0.1, 0.15) is 11.8 Å². The summed E-state index contributed by atoms with van der Waals surface area (Å²) in [6.45, 7) is 1.76. The average Bonchev–Trinajstić information content (AvgIpc) is 3.26. The quantitative estimate of drug-likeness (QED) is 0.705. The molecular weight excluding hydrogens is 418 g/mol. The Morgan fingerprint density at radius 3 is 2.39 bits per heavy atom. The van der Waals surface area contributed by atoms with E-state index in [1.54, 1.807) is 24.1 Å². The van der Waals surface area contributed by atoms with E-state index >= 15 is 0 Å². The van der Waals surface area contributed by atoms with Crippen molar-refractivity contribution in [2.45, 2.75) is 38.1 Å². The molecular formula is C26H31N3O4. The number of rotatable bonds is 7. The van der Waals surface area contributed by atoms with Crippen LogP contribution in [-0.2, 0) is 20.8 Å². The summed E-state index contributed by atoms with van der Waals surface area (Å²) in [6, 6.07) is 16.3. The zero-order chi connectivity index (χ0) is 23.2. The Labute approximate surface area is 194 Å². The minimum absolute atomic E-state index is 0.0387. The van der Waals surface area contributed by atoms with Crippen LogP contribution in [-0.4, -0.2) is 55.4 Å². The van der Waals surface area contributed by atoms with E-state index in [0.717, 1.165) is 43.6 Å². The van der Waals surface area contributed by atoms with E-state index in [0.29, 0.717) is 18.7 Å². The minimum atomic E-state index is -0.636. The van der Waals surface area contributed by atoms with Gasteiger partial charge in [0.2, 0.25) is 17.7 Å². The Bertz CT molecular complexity index is 971. The number of amides is 3. The fourth-order valence-corrected chi connectivity index (χ4v) is 4.57. The van der Waals surface area contributed by atoms with Crippen molar-refractivity contribution in [1.29, 1.82) is 0 Å². The molecule has 0 spiro atoms. The highest BCUT2D eigenvalue weighted by Gasteiger charge is 2.37. The van der Waals surface area contributed by atoms with Crippen LogP contribution in [0.3, 0.4) is 0 Å². The fraction of sp³-hybridized carbons (Fsp3) is 0.423. The molecule has 174 valence electrons. The number of benzene rings is 2. The van der Waals surface area contributed by atoms with E-state index in [1.807, 2.05) is 47.4 Å². The first kappa shape index (κ1) is 22.8. The summed E-state index contributed by atoms with van der Waals surface area (Å²) >= 11 is 0. The van der Waals surface area contributed by atoms with Gasteiger partial charge >= 0.3 is 0 Å². The molecule has 2 saturated heterocycles. The second-order valence-corrected chi connectivity index (χ2v) is 8.74. The first-order valence-corrected chi connectivity index (χ1v) is 11.6. The molecule has 2 fully saturated rings. The molecule has 2 aromatic rings. The first-order valence-electron chi connectivity index (χ1n) is 11.6. The molecule has 2 atom stereocenters. The number of ether oxygens (including phenoxy) is 1. The standard InChI is InChI=1S/C26H31N3O4/c1-33-22-12-10-21(11-13-22)29-18-20(17-24(29)30)25(31)27-23(16-19-8-4-2-5-9-19)26(32)28-14-6-3-7-15-28/h2,4-5,8-13,20,23H,3,6-7,14-18H2,1H3,(H,27,31)/t20?,23-/m0/s1. The SMILES string of the molecule is COc1ccc(N2CC(C(=O)N[C@@H](Cc3ccccc3)C(=O)N3CCCCC3)CC2=O)cc1. The second-order valence-electron chi connectivity index (χ2n) is 8.74. The molecule has 7 nitrogen and oxygen atoms in total. The van der Waals surface area contributed by atoms with E-state index in [-0.39, 0.29) is 24.1 Å². The summed E-state index contributed by atoms with van der Waals surface area (Å²) in [6.07, 6.45) is 3.68. The maximum Gasteiger partial charge on any atom is 0.245 e. The van der Waals surface area contributed by atoms with E-state index < -0.39 is 12.0 Å². The van der Waals surface area contributed by atoms with Gasteiger partial charge in [0, 0.05) is 38.2 Å². The Morgan fingerprint density at radius 1 is 1.03 bits per heavy atom. The minimum Gasteiger partial charge on any atom is -0.497 e. The van der Waals surface area contributed by atoms with Gasteiger partial charge in [0.25, 0.3) is 0 Å². The predicted molar refractivity (Wildman–Crippen MR) is 126 cm³/mol. The Morgan fingerprint density at radius 2 is 1.73 bits per heavy atom. The molecule has 0 bridgehead atoms. The lowest BCUT2D eigenvalue weighted by molar-refractivity contribution is -0.138. The number of anilines is 1. The van der Waals surface area contributed by atoms with Crippen LogP contribution < -0.4 is 15.0 Å². The van der Waals surface area contributed by atoms with Gasteiger partial charge in [-0.25, -0.2) is 0 Å². The van der Waals surface area contributed by atoms with Crippen molar-refractivity contribution in [2.75, 3.05) is 31.6 Å². The highest BCUT2D eigenvalue weighted by molar-refractivity contribution is 6.01. The number of carbonyl (C=O) groups excluding carboxylic acids is 3. The third-order valence-corrected chi connectivity index (χ3v) is 6.44. The number of hydrogen-bond donors (Lipinski definition) is 1. The smallest absolute Gasteiger partial charge is 0.245 e. The van der Waals surface area contributed by atoms with Crippen LogP contribution in [0.5, 0.6) is 5.75 Å². The third kappa shape index (κ3) is 5.53. The van der Waals surface area contributed by atoms with Gasteiger partial charge in [-0.1, -0.05) is 30.3 Å². The van der Waals surface area contributed by atoms with Crippen molar-refractivity contribution in [3.63, 3.8) is 0 Å². The van der Waals surface area contributed by atoms with E-state index in [4.69, 9.17) is 4.74 Å². The molecule has 2 aliphatic rings. The Kier molecular flexibility index (Phi) is 7.27. The van der Waals surface area contributed by atoms with Gasteiger partial charge < -0.3 is 19.9 Å². The Hall–Kier alpha value is -3.35. The summed E-state index contributed by atoms with van der Waals surface area (Å²) in [5.41, 5.74) is 1.73. The van der Waals surface area contributed by atoms with Gasteiger partial charge in [0.05, 0.1) is 13.0 Å². The van der Waals surface area contributed by atoms with Crippen LogP contribution in [0.1, 0.15) is 31.2 Å². The summed E-state index contributed by atoms with van der Waals surface area (Å²) < 4.78 is 5.18. The van der Waals surface area contributed by atoms with Gasteiger partial charge in [-0.2, -0.15) is 0 Å². The van der Waals surface area contributed by atoms with Crippen molar-refractivity contribution in [1.82, 2.24) is 10.2 Å². The van der Waals surface area contributed by atoms with Crippen molar-refractivity contribution in [2.24, 2.45) is 5.92 Å². The maximum atomic E-state index is 13.3. The van der Waals surface area contributed by atoms with Crippen LogP contribution in [0, 0.1) is 5.92 Å². The maximum absolute atomic E-state index is 13.3. The molecule has 2 aliphatic heterocycles. The van der Waals surface area contributed by atoms with Crippen molar-refractivity contribution in [3.8, 4) is 5.75 Å². The monoisotopic (exact) mass is 449 g/mol. The molecule has 0 radical (unpaired) electrons. The third-order valence-electron chi connectivity index (χ3n) is 6.44. The lowest BCUT2D eigenvalue weighted by Gasteiger charge is -2.31. The van der Waals surface area contributed by atoms with E-state index in [9.17, 15) is 14.4 Å². The number of likely N-dealkylation sites (tertiary alicyclic amines) is 1. The molecule has 2 heterocycles. The normalized spacial score (nSPS) is 19.3. The number of carbonyl (C=O) groups is 3. The number of piperidine rings is 1. The molecule has 1 unspecified atom stereocenters. The van der Waals surface area contributed by atoms with Gasteiger partial charge in [-0.3, -0.25) is 14.4 Å². The molecule has 0 aromatic heterocycles. The van der Waals surface area contributed by atoms with Crippen molar-refractivity contribution >= 4 is 23.4 Å². The zero-order valence-corrected chi connectivity index (χ0v) is 19.0. The number of methoxy groups -OCH3 is 1. The summed E-state index contributed by atoms with van der Waals surface area (Å²) in [4.78, 5) is 42.6. The summed E-state index contributed by atoms with van der Waals surface area (Å²) in [5.74, 6) is -0.164. The molecule has 1 N–H and O–H groups in total. The number of hydrogen-bond acceptors (Lipinski definition) is 4. The molecule has 2 aromatic carbocycles. The summed E-state index contributed by atoms with van der Waals surface area (Å²) in [7, 11) is 1.59.